The van der Waals surface area contributed by atoms with Gasteiger partial charge in [0.2, 0.25) is 0 Å². The zero-order valence-corrected chi connectivity index (χ0v) is 15.9. The Balaban J connectivity index is 2.08. The number of benzene rings is 2. The average molecular weight is 386 g/mol. The van der Waals surface area contributed by atoms with Gasteiger partial charge in [0.1, 0.15) is 12.4 Å². The highest BCUT2D eigenvalue weighted by Gasteiger charge is 2.12. The summed E-state index contributed by atoms with van der Waals surface area (Å²) in [7, 11) is 1.58. The zero-order valence-electron chi connectivity index (χ0n) is 14.4. The number of hydrogen-bond acceptors (Lipinski definition) is 3. The van der Waals surface area contributed by atoms with Gasteiger partial charge in [-0.3, -0.25) is 0 Å². The highest BCUT2D eigenvalue weighted by Crippen LogP contribution is 2.34. The predicted molar refractivity (Wildman–Crippen MR) is 100 cm³/mol. The lowest BCUT2D eigenvalue weighted by molar-refractivity contribution is 0.284. The molecular weight excluding hydrogens is 364 g/mol. The summed E-state index contributed by atoms with van der Waals surface area (Å²) < 4.78 is 24.3. The number of ether oxygens (including phenoxy) is 2. The van der Waals surface area contributed by atoms with Crippen LogP contribution in [0.15, 0.2) is 30.3 Å². The van der Waals surface area contributed by atoms with Gasteiger partial charge in [-0.05, 0) is 36.7 Å². The standard InChI is InChI=1S/C19H22Cl2FNO2/c1-3-4-7-23-11-14-8-18(24-2)19(10-17(14)21)25-12-13-5-6-15(22)9-16(13)20/h5-6,8-10,23H,3-4,7,11-12H2,1-2H3. The molecule has 2 rings (SSSR count). The fraction of sp³-hybridized carbons (Fsp3) is 0.368. The average Bonchev–Trinajstić information content (AvgIpc) is 2.59. The van der Waals surface area contributed by atoms with Gasteiger partial charge in [-0.2, -0.15) is 0 Å². The Kier molecular flexibility index (Phi) is 7.82. The second-order valence-corrected chi connectivity index (χ2v) is 6.46. The van der Waals surface area contributed by atoms with E-state index in [9.17, 15) is 4.39 Å². The van der Waals surface area contributed by atoms with Crippen molar-refractivity contribution in [2.45, 2.75) is 32.9 Å². The van der Waals surface area contributed by atoms with E-state index in [1.807, 2.05) is 6.07 Å². The molecule has 0 amide bonds. The van der Waals surface area contributed by atoms with E-state index in [4.69, 9.17) is 32.7 Å². The van der Waals surface area contributed by atoms with E-state index in [2.05, 4.69) is 12.2 Å². The van der Waals surface area contributed by atoms with Crippen molar-refractivity contribution in [2.75, 3.05) is 13.7 Å². The van der Waals surface area contributed by atoms with Gasteiger partial charge in [0.05, 0.1) is 12.1 Å². The Labute approximate surface area is 158 Å². The lowest BCUT2D eigenvalue weighted by Crippen LogP contribution is -2.14. The van der Waals surface area contributed by atoms with Crippen molar-refractivity contribution in [3.8, 4) is 11.5 Å². The molecule has 0 atom stereocenters. The fourth-order valence-corrected chi connectivity index (χ4v) is 2.75. The maximum absolute atomic E-state index is 13.1. The Morgan fingerprint density at radius 3 is 2.48 bits per heavy atom. The largest absolute Gasteiger partial charge is 0.493 e. The predicted octanol–water partition coefficient (Wildman–Crippen LogP) is 5.61. The molecule has 6 heteroatoms. The second-order valence-electron chi connectivity index (χ2n) is 5.65. The van der Waals surface area contributed by atoms with Crippen molar-refractivity contribution >= 4 is 23.2 Å². The van der Waals surface area contributed by atoms with E-state index in [0.717, 1.165) is 24.9 Å². The summed E-state index contributed by atoms with van der Waals surface area (Å²) >= 11 is 12.4. The summed E-state index contributed by atoms with van der Waals surface area (Å²) in [6, 6.07) is 7.80. The molecule has 2 aromatic carbocycles. The van der Waals surface area contributed by atoms with E-state index in [1.165, 1.54) is 12.1 Å². The van der Waals surface area contributed by atoms with Crippen molar-refractivity contribution in [1.82, 2.24) is 5.32 Å². The molecule has 136 valence electrons. The number of nitrogens with one attached hydrogen (secondary N) is 1. The molecule has 2 aromatic rings. The Morgan fingerprint density at radius 1 is 1.04 bits per heavy atom. The summed E-state index contributed by atoms with van der Waals surface area (Å²) in [5.74, 6) is 0.731. The van der Waals surface area contributed by atoms with E-state index >= 15 is 0 Å². The molecule has 0 saturated heterocycles. The van der Waals surface area contributed by atoms with Crippen molar-refractivity contribution < 1.29 is 13.9 Å². The Morgan fingerprint density at radius 2 is 1.80 bits per heavy atom. The minimum Gasteiger partial charge on any atom is -0.493 e. The molecule has 0 aliphatic carbocycles. The molecule has 0 heterocycles. The van der Waals surface area contributed by atoms with Crippen LogP contribution in [0.5, 0.6) is 11.5 Å². The van der Waals surface area contributed by atoms with Gasteiger partial charge < -0.3 is 14.8 Å². The molecule has 0 spiro atoms. The lowest BCUT2D eigenvalue weighted by Gasteiger charge is -2.15. The first-order valence-corrected chi connectivity index (χ1v) is 8.94. The van der Waals surface area contributed by atoms with Crippen LogP contribution in [-0.4, -0.2) is 13.7 Å². The van der Waals surface area contributed by atoms with Crippen molar-refractivity contribution in [2.24, 2.45) is 0 Å². The number of rotatable bonds is 9. The molecule has 0 fully saturated rings. The summed E-state index contributed by atoms with van der Waals surface area (Å²) in [6.07, 6.45) is 2.26. The molecule has 0 unspecified atom stereocenters. The van der Waals surface area contributed by atoms with Gasteiger partial charge >= 0.3 is 0 Å². The van der Waals surface area contributed by atoms with Crippen LogP contribution in [0, 0.1) is 5.82 Å². The highest BCUT2D eigenvalue weighted by molar-refractivity contribution is 6.31. The first-order valence-electron chi connectivity index (χ1n) is 8.19. The van der Waals surface area contributed by atoms with Crippen molar-refractivity contribution in [1.29, 1.82) is 0 Å². The van der Waals surface area contributed by atoms with Crippen molar-refractivity contribution in [3.05, 3.63) is 57.3 Å². The summed E-state index contributed by atoms with van der Waals surface area (Å²) in [4.78, 5) is 0. The van der Waals surface area contributed by atoms with Crippen LogP contribution >= 0.6 is 23.2 Å². The third kappa shape index (κ3) is 5.77. The SMILES string of the molecule is CCCCNCc1cc(OC)c(OCc2ccc(F)cc2Cl)cc1Cl. The quantitative estimate of drug-likeness (QED) is 0.569. The number of unbranched alkanes of at least 4 members (excludes halogenated alkanes) is 1. The maximum Gasteiger partial charge on any atom is 0.163 e. The van der Waals surface area contributed by atoms with Crippen molar-refractivity contribution in [3.63, 3.8) is 0 Å². The smallest absolute Gasteiger partial charge is 0.163 e. The summed E-state index contributed by atoms with van der Waals surface area (Å²) in [5.41, 5.74) is 1.63. The molecule has 0 aliphatic rings. The molecule has 0 bridgehead atoms. The normalized spacial score (nSPS) is 10.8. The third-order valence-corrected chi connectivity index (χ3v) is 4.46. The fourth-order valence-electron chi connectivity index (χ4n) is 2.30. The topological polar surface area (TPSA) is 30.5 Å². The van der Waals surface area contributed by atoms with Gasteiger partial charge in [-0.25, -0.2) is 4.39 Å². The van der Waals surface area contributed by atoms with E-state index in [1.54, 1.807) is 19.2 Å². The summed E-state index contributed by atoms with van der Waals surface area (Å²) in [6.45, 7) is 3.95. The van der Waals surface area contributed by atoms with Gasteiger partial charge in [0, 0.05) is 23.2 Å². The van der Waals surface area contributed by atoms with Gasteiger partial charge in [0.25, 0.3) is 0 Å². The minimum atomic E-state index is -0.380. The highest BCUT2D eigenvalue weighted by atomic mass is 35.5. The van der Waals surface area contributed by atoms with Gasteiger partial charge in [0.15, 0.2) is 11.5 Å². The van der Waals surface area contributed by atoms with E-state index in [-0.39, 0.29) is 12.4 Å². The van der Waals surface area contributed by atoms with E-state index < -0.39 is 0 Å². The van der Waals surface area contributed by atoms with Crippen LogP contribution in [-0.2, 0) is 13.2 Å². The molecule has 1 N–H and O–H groups in total. The van der Waals surface area contributed by atoms with Crippen LogP contribution < -0.4 is 14.8 Å². The van der Waals surface area contributed by atoms with Gasteiger partial charge in [-0.15, -0.1) is 0 Å². The van der Waals surface area contributed by atoms with Gasteiger partial charge in [-0.1, -0.05) is 42.6 Å². The monoisotopic (exact) mass is 385 g/mol. The first kappa shape index (κ1) is 19.8. The minimum absolute atomic E-state index is 0.194. The Bertz CT molecular complexity index is 710. The zero-order chi connectivity index (χ0) is 18.2. The molecule has 25 heavy (non-hydrogen) atoms. The Hall–Kier alpha value is -1.49. The van der Waals surface area contributed by atoms with Crippen LogP contribution in [0.2, 0.25) is 10.0 Å². The van der Waals surface area contributed by atoms with E-state index in [0.29, 0.717) is 33.7 Å². The molecule has 0 radical (unpaired) electrons. The molecule has 0 aliphatic heterocycles. The van der Waals surface area contributed by atoms with Crippen LogP contribution in [0.25, 0.3) is 0 Å². The maximum atomic E-state index is 13.1. The van der Waals surface area contributed by atoms with Crippen LogP contribution in [0.1, 0.15) is 30.9 Å². The first-order chi connectivity index (χ1) is 12.0. The molecule has 0 aromatic heterocycles. The van der Waals surface area contributed by atoms with Crippen LogP contribution in [0.3, 0.4) is 0 Å². The number of methoxy groups -OCH3 is 1. The summed E-state index contributed by atoms with van der Waals surface area (Å²) in [5, 5.41) is 4.27. The molecular formula is C19H22Cl2FNO2. The molecule has 0 saturated carbocycles. The second kappa shape index (κ2) is 9.85. The third-order valence-electron chi connectivity index (χ3n) is 3.75. The number of hydrogen-bond donors (Lipinski definition) is 1. The molecule has 3 nitrogen and oxygen atoms in total. The lowest BCUT2D eigenvalue weighted by atomic mass is 10.2. The number of halogens is 3. The van der Waals surface area contributed by atoms with Crippen LogP contribution in [0.4, 0.5) is 4.39 Å².